The SMILES string of the molecule is CCCCON1CCC[C@@H](c2nnc([C@H]3CC[C@H](NC(=O)OC(C)(C)C)CC3)o2)N(CC)C1=O. The number of rotatable bonds is 8. The van der Waals surface area contributed by atoms with E-state index in [9.17, 15) is 9.59 Å². The van der Waals surface area contributed by atoms with Crippen LogP contribution in [0.25, 0.3) is 0 Å². The second kappa shape index (κ2) is 11.9. The maximum atomic E-state index is 13.1. The van der Waals surface area contributed by atoms with E-state index in [4.69, 9.17) is 14.0 Å². The van der Waals surface area contributed by atoms with E-state index in [1.807, 2.05) is 27.7 Å². The number of carbonyl (C=O) groups is 2. The Hall–Kier alpha value is -2.36. The summed E-state index contributed by atoms with van der Waals surface area (Å²) in [6, 6.07) is -0.305. The first-order valence-electron chi connectivity index (χ1n) is 12.8. The molecule has 10 heteroatoms. The lowest BCUT2D eigenvalue weighted by Gasteiger charge is -2.30. The van der Waals surface area contributed by atoms with E-state index in [0.29, 0.717) is 31.5 Å². The van der Waals surface area contributed by atoms with E-state index < -0.39 is 5.60 Å². The molecule has 0 unspecified atom stereocenters. The molecular weight excluding hydrogens is 438 g/mol. The summed E-state index contributed by atoms with van der Waals surface area (Å²) in [5.41, 5.74) is -0.508. The van der Waals surface area contributed by atoms with Crippen molar-refractivity contribution in [3.05, 3.63) is 11.8 Å². The van der Waals surface area contributed by atoms with E-state index in [2.05, 4.69) is 22.4 Å². The van der Waals surface area contributed by atoms with Crippen LogP contribution >= 0.6 is 0 Å². The van der Waals surface area contributed by atoms with E-state index in [1.54, 1.807) is 4.90 Å². The quantitative estimate of drug-likeness (QED) is 0.526. The molecule has 2 aliphatic rings. The third-order valence-electron chi connectivity index (χ3n) is 6.30. The van der Waals surface area contributed by atoms with Gasteiger partial charge in [-0.25, -0.2) is 14.7 Å². The molecule has 0 radical (unpaired) electrons. The number of aromatic nitrogens is 2. The first-order chi connectivity index (χ1) is 16.2. The van der Waals surface area contributed by atoms with Crippen LogP contribution in [-0.4, -0.2) is 63.6 Å². The summed E-state index contributed by atoms with van der Waals surface area (Å²) < 4.78 is 11.5. The smallest absolute Gasteiger partial charge is 0.407 e. The number of nitrogens with zero attached hydrogens (tertiary/aromatic N) is 4. The Labute approximate surface area is 202 Å². The van der Waals surface area contributed by atoms with Crippen molar-refractivity contribution < 1.29 is 23.6 Å². The zero-order valence-corrected chi connectivity index (χ0v) is 21.3. The van der Waals surface area contributed by atoms with E-state index in [1.165, 1.54) is 5.06 Å². The topological polar surface area (TPSA) is 110 Å². The van der Waals surface area contributed by atoms with Gasteiger partial charge < -0.3 is 19.4 Å². The van der Waals surface area contributed by atoms with Gasteiger partial charge in [0.05, 0.1) is 13.2 Å². The highest BCUT2D eigenvalue weighted by atomic mass is 16.7. The molecule has 10 nitrogen and oxygen atoms in total. The third kappa shape index (κ3) is 7.07. The zero-order chi connectivity index (χ0) is 24.7. The number of hydrogen-bond donors (Lipinski definition) is 1. The number of ether oxygens (including phenoxy) is 1. The van der Waals surface area contributed by atoms with Crippen molar-refractivity contribution in [2.75, 3.05) is 19.7 Å². The maximum absolute atomic E-state index is 13.1. The van der Waals surface area contributed by atoms with Crippen LogP contribution in [0.1, 0.15) is 110 Å². The molecule has 0 bridgehead atoms. The standard InChI is InChI=1S/C24H41N5O5/c1-6-8-16-32-29-15-9-10-19(28(7-2)23(29)31)21-27-26-20(33-21)17-11-13-18(14-12-17)25-22(30)34-24(3,4)5/h17-19H,6-16H2,1-5H3,(H,25,30)/t17-,18-,19-/m0/s1. The molecule has 1 atom stereocenters. The number of hydrogen-bond acceptors (Lipinski definition) is 7. The molecule has 3 amide bonds. The predicted molar refractivity (Wildman–Crippen MR) is 126 cm³/mol. The average Bonchev–Trinajstić information content (AvgIpc) is 3.20. The summed E-state index contributed by atoms with van der Waals surface area (Å²) in [5, 5.41) is 13.1. The number of amides is 3. The van der Waals surface area contributed by atoms with Gasteiger partial charge in [0.25, 0.3) is 0 Å². The number of alkyl carbamates (subject to hydrolysis) is 1. The molecule has 1 N–H and O–H groups in total. The normalized spacial score (nSPS) is 24.1. The zero-order valence-electron chi connectivity index (χ0n) is 21.3. The molecule has 0 aromatic carbocycles. The fourth-order valence-corrected chi connectivity index (χ4v) is 4.51. The molecule has 34 heavy (non-hydrogen) atoms. The van der Waals surface area contributed by atoms with Gasteiger partial charge in [-0.2, -0.15) is 0 Å². The number of urea groups is 1. The fourth-order valence-electron chi connectivity index (χ4n) is 4.51. The van der Waals surface area contributed by atoms with Gasteiger partial charge in [0.1, 0.15) is 11.6 Å². The van der Waals surface area contributed by atoms with Crippen LogP contribution in [0, 0.1) is 0 Å². The van der Waals surface area contributed by atoms with Crippen molar-refractivity contribution in [2.45, 2.75) is 110 Å². The van der Waals surface area contributed by atoms with Crippen molar-refractivity contribution in [3.8, 4) is 0 Å². The molecule has 0 spiro atoms. The van der Waals surface area contributed by atoms with Crippen molar-refractivity contribution in [2.24, 2.45) is 0 Å². The van der Waals surface area contributed by atoms with Crippen LogP contribution in [0.2, 0.25) is 0 Å². The minimum Gasteiger partial charge on any atom is -0.444 e. The van der Waals surface area contributed by atoms with Gasteiger partial charge in [0, 0.05) is 18.5 Å². The summed E-state index contributed by atoms with van der Waals surface area (Å²) in [7, 11) is 0. The molecule has 1 aromatic heterocycles. The largest absolute Gasteiger partial charge is 0.444 e. The lowest BCUT2D eigenvalue weighted by molar-refractivity contribution is -0.123. The van der Waals surface area contributed by atoms with E-state index in [0.717, 1.165) is 51.4 Å². The summed E-state index contributed by atoms with van der Waals surface area (Å²) in [6.45, 7) is 11.3. The fraction of sp³-hybridized carbons (Fsp3) is 0.833. The highest BCUT2D eigenvalue weighted by Crippen LogP contribution is 2.35. The van der Waals surface area contributed by atoms with Crippen LogP contribution in [0.15, 0.2) is 4.42 Å². The highest BCUT2D eigenvalue weighted by molar-refractivity contribution is 5.74. The Morgan fingerprint density at radius 2 is 1.82 bits per heavy atom. The summed E-state index contributed by atoms with van der Waals surface area (Å²) in [6.07, 6.45) is 6.47. The van der Waals surface area contributed by atoms with Crippen LogP contribution in [-0.2, 0) is 9.57 Å². The van der Waals surface area contributed by atoms with Crippen molar-refractivity contribution >= 4 is 12.1 Å². The summed E-state index contributed by atoms with van der Waals surface area (Å²) in [4.78, 5) is 32.6. The Balaban J connectivity index is 1.57. The molecule has 2 fully saturated rings. The minimum atomic E-state index is -0.508. The Morgan fingerprint density at radius 3 is 2.47 bits per heavy atom. The first-order valence-corrected chi connectivity index (χ1v) is 12.8. The average molecular weight is 480 g/mol. The van der Waals surface area contributed by atoms with Gasteiger partial charge in [0.15, 0.2) is 0 Å². The number of carbonyl (C=O) groups excluding carboxylic acids is 2. The van der Waals surface area contributed by atoms with E-state index in [-0.39, 0.29) is 30.1 Å². The minimum absolute atomic E-state index is 0.0854. The first kappa shape index (κ1) is 26.2. The summed E-state index contributed by atoms with van der Waals surface area (Å²) in [5.74, 6) is 1.27. The van der Waals surface area contributed by atoms with Crippen molar-refractivity contribution in [3.63, 3.8) is 0 Å². The van der Waals surface area contributed by atoms with Crippen LogP contribution in [0.5, 0.6) is 0 Å². The number of hydroxylamine groups is 2. The Kier molecular flexibility index (Phi) is 9.16. The van der Waals surface area contributed by atoms with Gasteiger partial charge in [-0.1, -0.05) is 13.3 Å². The van der Waals surface area contributed by atoms with Crippen LogP contribution < -0.4 is 5.32 Å². The molecule has 192 valence electrons. The van der Waals surface area contributed by atoms with Gasteiger partial charge >= 0.3 is 12.1 Å². The molecular formula is C24H41N5O5. The van der Waals surface area contributed by atoms with Gasteiger partial charge in [0.2, 0.25) is 11.8 Å². The van der Waals surface area contributed by atoms with E-state index >= 15 is 0 Å². The van der Waals surface area contributed by atoms with Crippen LogP contribution in [0.3, 0.4) is 0 Å². The van der Waals surface area contributed by atoms with Gasteiger partial charge in [-0.15, -0.1) is 10.2 Å². The van der Waals surface area contributed by atoms with Crippen molar-refractivity contribution in [1.82, 2.24) is 25.5 Å². The molecule has 1 saturated carbocycles. The lowest BCUT2D eigenvalue weighted by Crippen LogP contribution is -2.43. The summed E-state index contributed by atoms with van der Waals surface area (Å²) >= 11 is 0. The maximum Gasteiger partial charge on any atom is 0.407 e. The van der Waals surface area contributed by atoms with Crippen molar-refractivity contribution in [1.29, 1.82) is 0 Å². The molecule has 1 aromatic rings. The Morgan fingerprint density at radius 1 is 1.12 bits per heavy atom. The van der Waals surface area contributed by atoms with Gasteiger partial charge in [-0.3, -0.25) is 4.84 Å². The lowest BCUT2D eigenvalue weighted by atomic mass is 9.86. The molecule has 1 aliphatic carbocycles. The van der Waals surface area contributed by atoms with Crippen LogP contribution in [0.4, 0.5) is 9.59 Å². The second-order valence-electron chi connectivity index (χ2n) is 10.2. The molecule has 1 saturated heterocycles. The van der Waals surface area contributed by atoms with Gasteiger partial charge in [-0.05, 0) is 72.6 Å². The molecule has 2 heterocycles. The highest BCUT2D eigenvalue weighted by Gasteiger charge is 2.36. The predicted octanol–water partition coefficient (Wildman–Crippen LogP) is 4.93. The third-order valence-corrected chi connectivity index (χ3v) is 6.30. The Bertz CT molecular complexity index is 800. The number of nitrogens with one attached hydrogen (secondary N) is 1. The molecule has 1 aliphatic heterocycles. The monoisotopic (exact) mass is 479 g/mol. The second-order valence-corrected chi connectivity index (χ2v) is 10.2. The molecule has 3 rings (SSSR count). The number of unbranched alkanes of at least 4 members (excludes halogenated alkanes) is 1.